The molecule has 0 aliphatic rings. The topological polar surface area (TPSA) is 30.2 Å². The van der Waals surface area contributed by atoms with Crippen molar-refractivity contribution in [2.75, 3.05) is 0 Å². The van der Waals surface area contributed by atoms with Gasteiger partial charge in [-0.3, -0.25) is 4.79 Å². The fourth-order valence-corrected chi connectivity index (χ4v) is 1.56. The highest BCUT2D eigenvalue weighted by Gasteiger charge is 2.10. The Hall–Kier alpha value is -1.90. The standard InChI is InChI=1S/C12H9FO2/c1-8-6-9(13)2-3-10(8)11-4-5-15-12(11)7-14/h2-7H,1H3. The monoisotopic (exact) mass is 204 g/mol. The zero-order chi connectivity index (χ0) is 10.8. The van der Waals surface area contributed by atoms with Crippen LogP contribution < -0.4 is 0 Å². The van der Waals surface area contributed by atoms with Gasteiger partial charge in [-0.25, -0.2) is 4.39 Å². The minimum absolute atomic E-state index is 0.268. The second-order valence-corrected chi connectivity index (χ2v) is 3.28. The lowest BCUT2D eigenvalue weighted by atomic mass is 10.0. The molecular weight excluding hydrogens is 195 g/mol. The molecule has 0 amide bonds. The lowest BCUT2D eigenvalue weighted by Crippen LogP contribution is -1.87. The van der Waals surface area contributed by atoms with E-state index in [1.165, 1.54) is 18.4 Å². The molecule has 0 radical (unpaired) electrons. The largest absolute Gasteiger partial charge is 0.461 e. The number of carbonyl (C=O) groups excluding carboxylic acids is 1. The Labute approximate surface area is 86.3 Å². The molecule has 1 aromatic carbocycles. The summed E-state index contributed by atoms with van der Waals surface area (Å²) in [7, 11) is 0. The molecule has 0 aliphatic carbocycles. The van der Waals surface area contributed by atoms with E-state index in [4.69, 9.17) is 4.42 Å². The van der Waals surface area contributed by atoms with Crippen LogP contribution in [-0.2, 0) is 0 Å². The highest BCUT2D eigenvalue weighted by atomic mass is 19.1. The lowest BCUT2D eigenvalue weighted by Gasteiger charge is -2.03. The zero-order valence-corrected chi connectivity index (χ0v) is 8.16. The number of carbonyl (C=O) groups is 1. The van der Waals surface area contributed by atoms with Crippen molar-refractivity contribution in [3.63, 3.8) is 0 Å². The van der Waals surface area contributed by atoms with Crippen molar-refractivity contribution in [1.82, 2.24) is 0 Å². The van der Waals surface area contributed by atoms with Gasteiger partial charge in [0.15, 0.2) is 12.0 Å². The number of halogens is 1. The van der Waals surface area contributed by atoms with Crippen molar-refractivity contribution in [2.24, 2.45) is 0 Å². The summed E-state index contributed by atoms with van der Waals surface area (Å²) in [5, 5.41) is 0. The van der Waals surface area contributed by atoms with E-state index in [2.05, 4.69) is 0 Å². The molecule has 2 aromatic rings. The summed E-state index contributed by atoms with van der Waals surface area (Å²) < 4.78 is 17.9. The van der Waals surface area contributed by atoms with Crippen LogP contribution in [0.3, 0.4) is 0 Å². The van der Waals surface area contributed by atoms with Gasteiger partial charge in [-0.1, -0.05) is 6.07 Å². The van der Waals surface area contributed by atoms with Crippen LogP contribution in [-0.4, -0.2) is 6.29 Å². The fraction of sp³-hybridized carbons (Fsp3) is 0.0833. The number of hydrogen-bond donors (Lipinski definition) is 0. The SMILES string of the molecule is Cc1cc(F)ccc1-c1ccoc1C=O. The zero-order valence-electron chi connectivity index (χ0n) is 8.16. The van der Waals surface area contributed by atoms with E-state index in [9.17, 15) is 9.18 Å². The molecule has 2 nitrogen and oxygen atoms in total. The van der Waals surface area contributed by atoms with Crippen LogP contribution in [0.25, 0.3) is 11.1 Å². The Morgan fingerprint density at radius 2 is 2.07 bits per heavy atom. The molecule has 15 heavy (non-hydrogen) atoms. The molecule has 1 heterocycles. The predicted molar refractivity (Wildman–Crippen MR) is 54.2 cm³/mol. The summed E-state index contributed by atoms with van der Waals surface area (Å²) in [6.45, 7) is 1.79. The van der Waals surface area contributed by atoms with Crippen molar-refractivity contribution < 1.29 is 13.6 Å². The molecule has 0 atom stereocenters. The molecule has 0 unspecified atom stereocenters. The second kappa shape index (κ2) is 3.69. The molecule has 3 heteroatoms. The van der Waals surface area contributed by atoms with E-state index in [1.54, 1.807) is 19.1 Å². The average Bonchev–Trinajstić information content (AvgIpc) is 2.65. The lowest BCUT2D eigenvalue weighted by molar-refractivity contribution is 0.110. The van der Waals surface area contributed by atoms with Gasteiger partial charge in [0.25, 0.3) is 0 Å². The van der Waals surface area contributed by atoms with Gasteiger partial charge < -0.3 is 4.42 Å². The molecule has 0 spiro atoms. The van der Waals surface area contributed by atoms with E-state index in [0.717, 1.165) is 11.1 Å². The maximum atomic E-state index is 12.9. The molecular formula is C12H9FO2. The molecule has 2 rings (SSSR count). The quantitative estimate of drug-likeness (QED) is 0.703. The van der Waals surface area contributed by atoms with E-state index < -0.39 is 0 Å². The molecule has 76 valence electrons. The van der Waals surface area contributed by atoms with Gasteiger partial charge in [0.2, 0.25) is 0 Å². The van der Waals surface area contributed by atoms with E-state index in [1.807, 2.05) is 0 Å². The molecule has 0 aliphatic heterocycles. The predicted octanol–water partition coefficient (Wildman–Crippen LogP) is 3.21. The third-order valence-electron chi connectivity index (χ3n) is 2.28. The van der Waals surface area contributed by atoms with Crippen LogP contribution in [0, 0.1) is 12.7 Å². The third kappa shape index (κ3) is 1.68. The van der Waals surface area contributed by atoms with Crippen LogP contribution in [0.5, 0.6) is 0 Å². The minimum Gasteiger partial charge on any atom is -0.461 e. The minimum atomic E-state index is -0.285. The maximum Gasteiger partial charge on any atom is 0.185 e. The first-order chi connectivity index (χ1) is 7.22. The maximum absolute atomic E-state index is 12.9. The van der Waals surface area contributed by atoms with Crippen LogP contribution in [0.15, 0.2) is 34.9 Å². The molecule has 0 N–H and O–H groups in total. The fourth-order valence-electron chi connectivity index (χ4n) is 1.56. The Kier molecular flexibility index (Phi) is 2.37. The summed E-state index contributed by atoms with van der Waals surface area (Å²) in [5.41, 5.74) is 2.29. The summed E-state index contributed by atoms with van der Waals surface area (Å²) in [4.78, 5) is 10.7. The molecule has 0 saturated carbocycles. The van der Waals surface area contributed by atoms with Crippen LogP contribution >= 0.6 is 0 Å². The van der Waals surface area contributed by atoms with Gasteiger partial charge in [-0.05, 0) is 36.2 Å². The Morgan fingerprint density at radius 1 is 1.27 bits per heavy atom. The van der Waals surface area contributed by atoms with Crippen molar-refractivity contribution in [1.29, 1.82) is 0 Å². The highest BCUT2D eigenvalue weighted by molar-refractivity contribution is 5.85. The van der Waals surface area contributed by atoms with E-state index >= 15 is 0 Å². The molecule has 0 saturated heterocycles. The first-order valence-electron chi connectivity index (χ1n) is 4.51. The molecule has 0 bridgehead atoms. The smallest absolute Gasteiger partial charge is 0.185 e. The molecule has 0 fully saturated rings. The molecule has 1 aromatic heterocycles. The summed E-state index contributed by atoms with van der Waals surface area (Å²) >= 11 is 0. The Balaban J connectivity index is 2.59. The van der Waals surface area contributed by atoms with Gasteiger partial charge in [0.05, 0.1) is 6.26 Å². The first-order valence-corrected chi connectivity index (χ1v) is 4.51. The summed E-state index contributed by atoms with van der Waals surface area (Å²) in [6.07, 6.45) is 2.10. The Morgan fingerprint density at radius 3 is 2.73 bits per heavy atom. The van der Waals surface area contributed by atoms with Crippen molar-refractivity contribution >= 4 is 6.29 Å². The van der Waals surface area contributed by atoms with Crippen LogP contribution in [0.1, 0.15) is 16.1 Å². The number of aryl methyl sites for hydroxylation is 1. The number of aldehydes is 1. The normalized spacial score (nSPS) is 10.3. The van der Waals surface area contributed by atoms with Crippen LogP contribution in [0.4, 0.5) is 4.39 Å². The highest BCUT2D eigenvalue weighted by Crippen LogP contribution is 2.27. The van der Waals surface area contributed by atoms with Gasteiger partial charge in [-0.2, -0.15) is 0 Å². The van der Waals surface area contributed by atoms with Crippen molar-refractivity contribution in [3.05, 3.63) is 47.7 Å². The van der Waals surface area contributed by atoms with Crippen LogP contribution in [0.2, 0.25) is 0 Å². The van der Waals surface area contributed by atoms with E-state index in [0.29, 0.717) is 11.8 Å². The van der Waals surface area contributed by atoms with Crippen molar-refractivity contribution in [2.45, 2.75) is 6.92 Å². The summed E-state index contributed by atoms with van der Waals surface area (Å²) in [5.74, 6) is -0.0166. The third-order valence-corrected chi connectivity index (χ3v) is 2.28. The number of benzene rings is 1. The van der Waals surface area contributed by atoms with Crippen molar-refractivity contribution in [3.8, 4) is 11.1 Å². The second-order valence-electron chi connectivity index (χ2n) is 3.28. The van der Waals surface area contributed by atoms with Gasteiger partial charge in [-0.15, -0.1) is 0 Å². The average molecular weight is 204 g/mol. The van der Waals surface area contributed by atoms with E-state index in [-0.39, 0.29) is 11.6 Å². The number of rotatable bonds is 2. The summed E-state index contributed by atoms with van der Waals surface area (Å²) in [6, 6.07) is 6.13. The Bertz CT molecular complexity index is 500. The van der Waals surface area contributed by atoms with Gasteiger partial charge in [0.1, 0.15) is 5.82 Å². The number of hydrogen-bond acceptors (Lipinski definition) is 2. The number of furan rings is 1. The first kappa shape index (κ1) is 9.65. The van der Waals surface area contributed by atoms with Gasteiger partial charge in [0, 0.05) is 5.56 Å². The van der Waals surface area contributed by atoms with Gasteiger partial charge >= 0.3 is 0 Å².